The van der Waals surface area contributed by atoms with Crippen molar-refractivity contribution < 1.29 is 19.0 Å². The molecule has 1 aliphatic rings. The van der Waals surface area contributed by atoms with E-state index in [1.165, 1.54) is 0 Å². The number of benzene rings is 2. The lowest BCUT2D eigenvalue weighted by Crippen LogP contribution is -2.45. The molecule has 0 bridgehead atoms. The number of hydrogen-bond acceptors (Lipinski definition) is 5. The number of allylic oxidation sites excluding steroid dienone is 1. The molecule has 0 saturated heterocycles. The van der Waals surface area contributed by atoms with Gasteiger partial charge in [-0.15, -0.1) is 0 Å². The van der Waals surface area contributed by atoms with E-state index in [0.29, 0.717) is 23.0 Å². The highest BCUT2D eigenvalue weighted by Gasteiger charge is 2.31. The molecule has 1 heterocycles. The predicted molar refractivity (Wildman–Crippen MR) is 108 cm³/mol. The number of ether oxygens (including phenoxy) is 3. The number of nitrogens with one attached hydrogen (secondary N) is 2. The standard InChI is InChI=1S/C20H22N2O4S/c1-12-17(19(23)26-9-8-24-2)18(22-20(27)21-12)15-5-4-14-11-16(25-3)7-6-13(14)10-15/h4-7,10-11,18H,8-9H2,1-3H3,(H2,21,22,27)/t18-/m1/s1. The first-order valence-electron chi connectivity index (χ1n) is 8.55. The van der Waals surface area contributed by atoms with E-state index in [1.807, 2.05) is 43.3 Å². The minimum Gasteiger partial charge on any atom is -0.497 e. The number of rotatable bonds is 6. The number of methoxy groups -OCH3 is 2. The zero-order valence-corrected chi connectivity index (χ0v) is 16.3. The average Bonchev–Trinajstić information content (AvgIpc) is 2.66. The lowest BCUT2D eigenvalue weighted by atomic mass is 9.94. The first-order chi connectivity index (χ1) is 13.0. The van der Waals surface area contributed by atoms with Gasteiger partial charge in [-0.1, -0.05) is 18.2 Å². The third-order valence-corrected chi connectivity index (χ3v) is 4.63. The van der Waals surface area contributed by atoms with Gasteiger partial charge in [0.15, 0.2) is 5.11 Å². The van der Waals surface area contributed by atoms with Gasteiger partial charge in [0.1, 0.15) is 12.4 Å². The Labute approximate surface area is 163 Å². The van der Waals surface area contributed by atoms with Crippen LogP contribution >= 0.6 is 12.2 Å². The molecule has 3 rings (SSSR count). The molecular weight excluding hydrogens is 364 g/mol. The van der Waals surface area contributed by atoms with Crippen LogP contribution in [0.5, 0.6) is 5.75 Å². The molecule has 27 heavy (non-hydrogen) atoms. The van der Waals surface area contributed by atoms with Crippen molar-refractivity contribution in [2.75, 3.05) is 27.4 Å². The summed E-state index contributed by atoms with van der Waals surface area (Å²) < 4.78 is 15.6. The maximum atomic E-state index is 12.6. The largest absolute Gasteiger partial charge is 0.497 e. The quantitative estimate of drug-likeness (QED) is 0.449. The molecule has 0 saturated carbocycles. The van der Waals surface area contributed by atoms with Crippen molar-refractivity contribution in [2.24, 2.45) is 0 Å². The summed E-state index contributed by atoms with van der Waals surface area (Å²) in [5.74, 6) is 0.404. The predicted octanol–water partition coefficient (Wildman–Crippen LogP) is 2.83. The van der Waals surface area contributed by atoms with Gasteiger partial charge in [-0.25, -0.2) is 4.79 Å². The van der Waals surface area contributed by atoms with Crippen LogP contribution in [0.15, 0.2) is 47.7 Å². The lowest BCUT2D eigenvalue weighted by Gasteiger charge is -2.30. The van der Waals surface area contributed by atoms with E-state index in [0.717, 1.165) is 22.1 Å². The Hall–Kier alpha value is -2.64. The first-order valence-corrected chi connectivity index (χ1v) is 8.96. The van der Waals surface area contributed by atoms with Crippen LogP contribution in [-0.4, -0.2) is 38.5 Å². The van der Waals surface area contributed by atoms with Gasteiger partial charge in [0, 0.05) is 12.8 Å². The number of thiocarbonyl (C=S) groups is 1. The lowest BCUT2D eigenvalue weighted by molar-refractivity contribution is -0.140. The number of carbonyl (C=O) groups is 1. The van der Waals surface area contributed by atoms with Crippen LogP contribution in [0.2, 0.25) is 0 Å². The van der Waals surface area contributed by atoms with Gasteiger partial charge >= 0.3 is 5.97 Å². The summed E-state index contributed by atoms with van der Waals surface area (Å²) in [5.41, 5.74) is 2.11. The molecule has 1 aliphatic heterocycles. The molecule has 0 aliphatic carbocycles. The van der Waals surface area contributed by atoms with Crippen molar-refractivity contribution in [2.45, 2.75) is 13.0 Å². The molecule has 0 amide bonds. The van der Waals surface area contributed by atoms with Crippen LogP contribution in [0.4, 0.5) is 0 Å². The van der Waals surface area contributed by atoms with E-state index in [1.54, 1.807) is 14.2 Å². The average molecular weight is 386 g/mol. The SMILES string of the molecule is COCCOC(=O)C1=C(C)NC(=S)N[C@@H]1c1ccc2cc(OC)ccc2c1. The molecule has 0 radical (unpaired) electrons. The van der Waals surface area contributed by atoms with Gasteiger partial charge in [-0.2, -0.15) is 0 Å². The fraction of sp³-hybridized carbons (Fsp3) is 0.300. The molecule has 6 nitrogen and oxygen atoms in total. The van der Waals surface area contributed by atoms with Crippen LogP contribution in [-0.2, 0) is 14.3 Å². The smallest absolute Gasteiger partial charge is 0.338 e. The number of fused-ring (bicyclic) bond motifs is 1. The van der Waals surface area contributed by atoms with Gasteiger partial charge in [0.2, 0.25) is 0 Å². The third-order valence-electron chi connectivity index (χ3n) is 4.41. The van der Waals surface area contributed by atoms with E-state index in [2.05, 4.69) is 10.6 Å². The van der Waals surface area contributed by atoms with E-state index >= 15 is 0 Å². The molecule has 0 unspecified atom stereocenters. The minimum atomic E-state index is -0.396. The zero-order chi connectivity index (χ0) is 19.4. The Bertz CT molecular complexity index is 910. The van der Waals surface area contributed by atoms with Gasteiger partial charge in [-0.05, 0) is 53.7 Å². The number of esters is 1. The Balaban J connectivity index is 1.96. The molecule has 142 valence electrons. The molecular formula is C20H22N2O4S. The van der Waals surface area contributed by atoms with Crippen molar-refractivity contribution in [1.29, 1.82) is 0 Å². The maximum absolute atomic E-state index is 12.6. The van der Waals surface area contributed by atoms with Crippen molar-refractivity contribution in [3.63, 3.8) is 0 Å². The molecule has 0 spiro atoms. The Morgan fingerprint density at radius 2 is 1.85 bits per heavy atom. The topological polar surface area (TPSA) is 68.8 Å². The van der Waals surface area contributed by atoms with E-state index in [-0.39, 0.29) is 12.6 Å². The minimum absolute atomic E-state index is 0.195. The van der Waals surface area contributed by atoms with E-state index < -0.39 is 5.97 Å². The van der Waals surface area contributed by atoms with Crippen LogP contribution in [0.25, 0.3) is 10.8 Å². The third kappa shape index (κ3) is 4.20. The highest BCUT2D eigenvalue weighted by atomic mass is 32.1. The van der Waals surface area contributed by atoms with Gasteiger partial charge in [0.05, 0.1) is 25.3 Å². The van der Waals surface area contributed by atoms with Crippen LogP contribution in [0.3, 0.4) is 0 Å². The van der Waals surface area contributed by atoms with Gasteiger partial charge < -0.3 is 24.8 Å². The summed E-state index contributed by atoms with van der Waals surface area (Å²) in [7, 11) is 3.21. The Morgan fingerprint density at radius 3 is 2.59 bits per heavy atom. The molecule has 2 aromatic rings. The maximum Gasteiger partial charge on any atom is 0.338 e. The zero-order valence-electron chi connectivity index (χ0n) is 15.5. The second-order valence-corrected chi connectivity index (χ2v) is 6.58. The summed E-state index contributed by atoms with van der Waals surface area (Å²) >= 11 is 5.29. The molecule has 0 aromatic heterocycles. The number of hydrogen-bond donors (Lipinski definition) is 2. The van der Waals surface area contributed by atoms with Gasteiger partial charge in [0.25, 0.3) is 0 Å². The second kappa shape index (κ2) is 8.37. The normalized spacial score (nSPS) is 16.7. The molecule has 2 N–H and O–H groups in total. The van der Waals surface area contributed by atoms with Crippen LogP contribution in [0.1, 0.15) is 18.5 Å². The van der Waals surface area contributed by atoms with Crippen molar-refractivity contribution >= 4 is 34.1 Å². The Morgan fingerprint density at radius 1 is 1.11 bits per heavy atom. The first kappa shape index (κ1) is 19.1. The van der Waals surface area contributed by atoms with Gasteiger partial charge in [-0.3, -0.25) is 0 Å². The van der Waals surface area contributed by atoms with Crippen LogP contribution in [0, 0.1) is 0 Å². The summed E-state index contributed by atoms with van der Waals surface area (Å²) in [6.07, 6.45) is 0. The van der Waals surface area contributed by atoms with E-state index in [9.17, 15) is 4.79 Å². The van der Waals surface area contributed by atoms with Crippen LogP contribution < -0.4 is 15.4 Å². The van der Waals surface area contributed by atoms with E-state index in [4.69, 9.17) is 26.4 Å². The summed E-state index contributed by atoms with van der Waals surface area (Å²) in [4.78, 5) is 12.6. The molecule has 0 fully saturated rings. The molecule has 1 atom stereocenters. The Kier molecular flexibility index (Phi) is 5.93. The summed E-state index contributed by atoms with van der Waals surface area (Å²) in [6.45, 7) is 2.36. The fourth-order valence-corrected chi connectivity index (χ4v) is 3.33. The fourth-order valence-electron chi connectivity index (χ4n) is 3.06. The van der Waals surface area contributed by atoms with Crippen molar-refractivity contribution in [3.8, 4) is 5.75 Å². The van der Waals surface area contributed by atoms with Crippen molar-refractivity contribution in [1.82, 2.24) is 10.6 Å². The molecule has 7 heteroatoms. The summed E-state index contributed by atoms with van der Waals surface area (Å²) in [5, 5.41) is 8.76. The number of carbonyl (C=O) groups excluding carboxylic acids is 1. The molecule has 2 aromatic carbocycles. The second-order valence-electron chi connectivity index (χ2n) is 6.17. The summed E-state index contributed by atoms with van der Waals surface area (Å²) in [6, 6.07) is 11.5. The van der Waals surface area contributed by atoms with Crippen molar-refractivity contribution in [3.05, 3.63) is 53.2 Å². The highest BCUT2D eigenvalue weighted by Crippen LogP contribution is 2.30. The monoisotopic (exact) mass is 386 g/mol. The highest BCUT2D eigenvalue weighted by molar-refractivity contribution is 7.80.